The molecule has 1 aromatic heterocycles. The molecule has 0 aromatic carbocycles. The van der Waals surface area contributed by atoms with Gasteiger partial charge in [-0.25, -0.2) is 4.98 Å². The summed E-state index contributed by atoms with van der Waals surface area (Å²) in [4.78, 5) is 29.9. The topological polar surface area (TPSA) is 62.3 Å². The van der Waals surface area contributed by atoms with Gasteiger partial charge in [0.25, 0.3) is 0 Å². The minimum absolute atomic E-state index is 0.0900. The maximum Gasteiger partial charge on any atom is 0.233 e. The number of amides is 2. The molecule has 0 radical (unpaired) electrons. The van der Waals surface area contributed by atoms with E-state index in [-0.39, 0.29) is 23.7 Å². The van der Waals surface area contributed by atoms with Gasteiger partial charge >= 0.3 is 0 Å². The van der Waals surface area contributed by atoms with E-state index in [4.69, 9.17) is 0 Å². The first-order valence-corrected chi connectivity index (χ1v) is 7.09. The molecule has 0 spiro atoms. The maximum absolute atomic E-state index is 12.1. The molecule has 5 nitrogen and oxygen atoms in total. The molecule has 0 aliphatic carbocycles. The smallest absolute Gasteiger partial charge is 0.233 e. The van der Waals surface area contributed by atoms with Crippen LogP contribution in [0.15, 0.2) is 18.3 Å². The highest BCUT2D eigenvalue weighted by molar-refractivity contribution is 6.04. The summed E-state index contributed by atoms with van der Waals surface area (Å²) < 4.78 is 0. The van der Waals surface area contributed by atoms with Crippen molar-refractivity contribution in [3.05, 3.63) is 23.9 Å². The largest absolute Gasteiger partial charge is 0.370 e. The second kappa shape index (κ2) is 6.03. The standard InChI is InChI=1S/C15H21N3O2/c1-4-7-16-13-12(6-5-8-17-13)9-18-14(19)10(2)11(3)15(18)20/h5-6,8,10-11H,4,7,9H2,1-3H3,(H,16,17). The van der Waals surface area contributed by atoms with E-state index in [0.717, 1.165) is 24.3 Å². The molecular weight excluding hydrogens is 254 g/mol. The van der Waals surface area contributed by atoms with Gasteiger partial charge in [-0.2, -0.15) is 0 Å². The highest BCUT2D eigenvalue weighted by atomic mass is 16.2. The van der Waals surface area contributed by atoms with Crippen molar-refractivity contribution in [2.45, 2.75) is 33.7 Å². The summed E-state index contributed by atoms with van der Waals surface area (Å²) in [6.07, 6.45) is 2.70. The van der Waals surface area contributed by atoms with E-state index < -0.39 is 0 Å². The number of imide groups is 1. The van der Waals surface area contributed by atoms with Crippen molar-refractivity contribution in [1.29, 1.82) is 0 Å². The average molecular weight is 275 g/mol. The van der Waals surface area contributed by atoms with Crippen LogP contribution in [0.3, 0.4) is 0 Å². The van der Waals surface area contributed by atoms with Crippen molar-refractivity contribution in [3.63, 3.8) is 0 Å². The van der Waals surface area contributed by atoms with Crippen molar-refractivity contribution >= 4 is 17.6 Å². The van der Waals surface area contributed by atoms with E-state index >= 15 is 0 Å². The first-order chi connectivity index (χ1) is 9.56. The van der Waals surface area contributed by atoms with Gasteiger partial charge in [0, 0.05) is 30.1 Å². The molecule has 2 atom stereocenters. The van der Waals surface area contributed by atoms with Crippen LogP contribution in [-0.2, 0) is 16.1 Å². The summed E-state index contributed by atoms with van der Waals surface area (Å²) in [5.74, 6) is 0.111. The zero-order valence-corrected chi connectivity index (χ0v) is 12.2. The van der Waals surface area contributed by atoms with E-state index in [1.165, 1.54) is 4.90 Å². The van der Waals surface area contributed by atoms with Crippen LogP contribution in [0, 0.1) is 11.8 Å². The van der Waals surface area contributed by atoms with Gasteiger partial charge in [-0.05, 0) is 12.5 Å². The number of carbonyl (C=O) groups is 2. The SMILES string of the molecule is CCCNc1ncccc1CN1C(=O)C(C)C(C)C1=O. The molecule has 2 unspecified atom stereocenters. The highest BCUT2D eigenvalue weighted by Crippen LogP contribution is 2.27. The lowest BCUT2D eigenvalue weighted by atomic mass is 10.00. The third-order valence-electron chi connectivity index (χ3n) is 3.82. The zero-order valence-electron chi connectivity index (χ0n) is 12.2. The Balaban J connectivity index is 2.18. The molecule has 2 amide bonds. The minimum atomic E-state index is -0.230. The van der Waals surface area contributed by atoms with E-state index in [9.17, 15) is 9.59 Å². The monoisotopic (exact) mass is 275 g/mol. The van der Waals surface area contributed by atoms with Crippen LogP contribution in [-0.4, -0.2) is 28.2 Å². The van der Waals surface area contributed by atoms with Crippen molar-refractivity contribution in [2.75, 3.05) is 11.9 Å². The van der Waals surface area contributed by atoms with Crippen LogP contribution in [0.2, 0.25) is 0 Å². The molecule has 20 heavy (non-hydrogen) atoms. The number of anilines is 1. The Bertz CT molecular complexity index is 496. The van der Waals surface area contributed by atoms with Gasteiger partial charge < -0.3 is 5.32 Å². The maximum atomic E-state index is 12.1. The number of nitrogens with one attached hydrogen (secondary N) is 1. The normalized spacial score (nSPS) is 22.4. The third-order valence-corrected chi connectivity index (χ3v) is 3.82. The Morgan fingerprint density at radius 3 is 2.50 bits per heavy atom. The van der Waals surface area contributed by atoms with Gasteiger partial charge in [0.2, 0.25) is 11.8 Å². The van der Waals surface area contributed by atoms with Gasteiger partial charge in [0.05, 0.1) is 6.54 Å². The Hall–Kier alpha value is -1.91. The summed E-state index contributed by atoms with van der Waals surface area (Å²) in [6.45, 7) is 6.81. The third kappa shape index (κ3) is 2.66. The molecule has 1 aromatic rings. The lowest BCUT2D eigenvalue weighted by Gasteiger charge is -2.17. The average Bonchev–Trinajstić information content (AvgIpc) is 2.64. The van der Waals surface area contributed by atoms with Crippen LogP contribution in [0.25, 0.3) is 0 Å². The molecule has 1 fully saturated rings. The molecule has 1 N–H and O–H groups in total. The van der Waals surface area contributed by atoms with E-state index in [1.54, 1.807) is 6.20 Å². The predicted molar refractivity (Wildman–Crippen MR) is 76.9 cm³/mol. The van der Waals surface area contributed by atoms with Gasteiger partial charge in [-0.3, -0.25) is 14.5 Å². The second-order valence-corrected chi connectivity index (χ2v) is 5.28. The number of nitrogens with zero attached hydrogens (tertiary/aromatic N) is 2. The fourth-order valence-electron chi connectivity index (χ4n) is 2.32. The lowest BCUT2D eigenvalue weighted by molar-refractivity contribution is -0.140. The molecule has 0 saturated carbocycles. The molecule has 2 heterocycles. The number of aromatic nitrogens is 1. The summed E-state index contributed by atoms with van der Waals surface area (Å²) in [7, 11) is 0. The number of carbonyl (C=O) groups excluding carboxylic acids is 2. The number of pyridine rings is 1. The molecule has 1 aliphatic rings. The fourth-order valence-corrected chi connectivity index (χ4v) is 2.32. The molecular formula is C15H21N3O2. The Morgan fingerprint density at radius 1 is 1.25 bits per heavy atom. The Labute approximate surface area is 119 Å². The van der Waals surface area contributed by atoms with Crippen LogP contribution >= 0.6 is 0 Å². The summed E-state index contributed by atoms with van der Waals surface area (Å²) >= 11 is 0. The molecule has 1 saturated heterocycles. The number of hydrogen-bond donors (Lipinski definition) is 1. The second-order valence-electron chi connectivity index (χ2n) is 5.28. The van der Waals surface area contributed by atoms with Gasteiger partial charge in [0.15, 0.2) is 0 Å². The van der Waals surface area contributed by atoms with Crippen LogP contribution in [0.1, 0.15) is 32.8 Å². The van der Waals surface area contributed by atoms with Gasteiger partial charge in [-0.15, -0.1) is 0 Å². The highest BCUT2D eigenvalue weighted by Gasteiger charge is 2.42. The molecule has 0 bridgehead atoms. The number of rotatable bonds is 5. The van der Waals surface area contributed by atoms with Crippen LogP contribution in [0.5, 0.6) is 0 Å². The Kier molecular flexibility index (Phi) is 4.37. The molecule has 2 rings (SSSR count). The van der Waals surface area contributed by atoms with Crippen molar-refractivity contribution < 1.29 is 9.59 Å². The van der Waals surface area contributed by atoms with Crippen LogP contribution in [0.4, 0.5) is 5.82 Å². The quantitative estimate of drug-likeness (QED) is 0.835. The van der Waals surface area contributed by atoms with Crippen LogP contribution < -0.4 is 5.32 Å². The van der Waals surface area contributed by atoms with E-state index in [1.807, 2.05) is 26.0 Å². The van der Waals surface area contributed by atoms with E-state index in [0.29, 0.717) is 6.54 Å². The summed E-state index contributed by atoms with van der Waals surface area (Å²) in [5, 5.41) is 3.23. The van der Waals surface area contributed by atoms with E-state index in [2.05, 4.69) is 17.2 Å². The summed E-state index contributed by atoms with van der Waals surface area (Å²) in [6, 6.07) is 3.73. The minimum Gasteiger partial charge on any atom is -0.370 e. The lowest BCUT2D eigenvalue weighted by Crippen LogP contribution is -2.30. The summed E-state index contributed by atoms with van der Waals surface area (Å²) in [5.41, 5.74) is 0.879. The molecule has 1 aliphatic heterocycles. The zero-order chi connectivity index (χ0) is 14.7. The number of hydrogen-bond acceptors (Lipinski definition) is 4. The fraction of sp³-hybridized carbons (Fsp3) is 0.533. The van der Waals surface area contributed by atoms with Crippen molar-refractivity contribution in [3.8, 4) is 0 Å². The van der Waals surface area contributed by atoms with Crippen molar-refractivity contribution in [2.24, 2.45) is 11.8 Å². The number of likely N-dealkylation sites (tertiary alicyclic amines) is 1. The first-order valence-electron chi connectivity index (χ1n) is 7.09. The molecule has 108 valence electrons. The Morgan fingerprint density at radius 2 is 1.90 bits per heavy atom. The predicted octanol–water partition coefficient (Wildman–Crippen LogP) is 2.04. The van der Waals surface area contributed by atoms with Gasteiger partial charge in [-0.1, -0.05) is 26.8 Å². The van der Waals surface area contributed by atoms with Crippen molar-refractivity contribution in [1.82, 2.24) is 9.88 Å². The van der Waals surface area contributed by atoms with Gasteiger partial charge in [0.1, 0.15) is 5.82 Å². The first kappa shape index (κ1) is 14.5. The molecule has 5 heteroatoms.